The zero-order valence-electron chi connectivity index (χ0n) is 15.0. The highest BCUT2D eigenvalue weighted by atomic mass is 16.2. The number of hydrogen-bond acceptors (Lipinski definition) is 6. The molecule has 1 saturated heterocycles. The van der Waals surface area contributed by atoms with Crippen molar-refractivity contribution in [1.82, 2.24) is 25.1 Å². The third kappa shape index (κ3) is 3.20. The van der Waals surface area contributed by atoms with Gasteiger partial charge in [0.15, 0.2) is 0 Å². The molecule has 1 aromatic carbocycles. The highest BCUT2D eigenvalue weighted by Gasteiger charge is 2.52. The van der Waals surface area contributed by atoms with Crippen molar-refractivity contribution >= 4 is 23.4 Å². The predicted molar refractivity (Wildman–Crippen MR) is 95.1 cm³/mol. The fourth-order valence-electron chi connectivity index (χ4n) is 3.94. The van der Waals surface area contributed by atoms with Gasteiger partial charge in [-0.2, -0.15) is 4.80 Å². The van der Waals surface area contributed by atoms with Crippen LogP contribution < -0.4 is 5.32 Å². The van der Waals surface area contributed by atoms with Crippen molar-refractivity contribution in [1.29, 1.82) is 0 Å². The summed E-state index contributed by atoms with van der Waals surface area (Å²) in [5, 5.41) is 14.6. The Labute approximate surface area is 155 Å². The number of hydrogen-bond donors (Lipinski definition) is 1. The molecule has 1 N–H and O–H groups in total. The molecule has 1 spiro atoms. The molecule has 1 aliphatic heterocycles. The Morgan fingerprint density at radius 1 is 1.26 bits per heavy atom. The van der Waals surface area contributed by atoms with Gasteiger partial charge in [0.1, 0.15) is 6.54 Å². The monoisotopic (exact) mass is 368 g/mol. The summed E-state index contributed by atoms with van der Waals surface area (Å²) in [6, 6.07) is 7.02. The zero-order chi connectivity index (χ0) is 19.0. The average Bonchev–Trinajstić information content (AvgIpc) is 3.33. The van der Waals surface area contributed by atoms with E-state index in [4.69, 9.17) is 0 Å². The second kappa shape index (κ2) is 6.57. The minimum Gasteiger partial charge on any atom is -0.325 e. The maximum absolute atomic E-state index is 12.7. The fourth-order valence-corrected chi connectivity index (χ4v) is 3.94. The molecule has 9 heteroatoms. The lowest BCUT2D eigenvalue weighted by molar-refractivity contribution is -0.143. The number of nitrogens with one attached hydrogen (secondary N) is 1. The first kappa shape index (κ1) is 17.3. The minimum absolute atomic E-state index is 0.197. The van der Waals surface area contributed by atoms with Gasteiger partial charge < -0.3 is 5.32 Å². The van der Waals surface area contributed by atoms with Crippen LogP contribution in [0.5, 0.6) is 0 Å². The predicted octanol–water partition coefficient (Wildman–Crippen LogP) is 1.13. The number of rotatable bonds is 4. The number of aryl methyl sites for hydroxylation is 1. The largest absolute Gasteiger partial charge is 0.325 e. The maximum Gasteiger partial charge on any atom is 0.244 e. The summed E-state index contributed by atoms with van der Waals surface area (Å²) in [7, 11) is 1.67. The topological polar surface area (TPSA) is 110 Å². The van der Waals surface area contributed by atoms with Gasteiger partial charge in [-0.05, 0) is 30.2 Å². The van der Waals surface area contributed by atoms with Crippen LogP contribution in [0, 0.1) is 5.41 Å². The van der Waals surface area contributed by atoms with E-state index < -0.39 is 11.3 Å². The van der Waals surface area contributed by atoms with Crippen LogP contribution >= 0.6 is 0 Å². The van der Waals surface area contributed by atoms with Crippen molar-refractivity contribution in [2.75, 3.05) is 11.9 Å². The number of amides is 3. The van der Waals surface area contributed by atoms with Gasteiger partial charge in [-0.25, -0.2) is 0 Å². The summed E-state index contributed by atoms with van der Waals surface area (Å²) in [4.78, 5) is 39.8. The molecule has 4 rings (SSSR count). The summed E-state index contributed by atoms with van der Waals surface area (Å²) in [6.07, 6.45) is 3.63. The summed E-state index contributed by atoms with van der Waals surface area (Å²) >= 11 is 0. The van der Waals surface area contributed by atoms with Crippen molar-refractivity contribution in [3.05, 3.63) is 24.3 Å². The van der Waals surface area contributed by atoms with Crippen LogP contribution in [-0.4, -0.2) is 49.4 Å². The molecule has 0 bridgehead atoms. The maximum atomic E-state index is 12.7. The molecule has 0 atom stereocenters. The number of carbonyl (C=O) groups excluding carboxylic acids is 3. The van der Waals surface area contributed by atoms with Gasteiger partial charge >= 0.3 is 0 Å². The highest BCUT2D eigenvalue weighted by Crippen LogP contribution is 2.46. The van der Waals surface area contributed by atoms with Crippen LogP contribution in [0.4, 0.5) is 5.69 Å². The molecule has 27 heavy (non-hydrogen) atoms. The first-order valence-electron chi connectivity index (χ1n) is 8.96. The fraction of sp³-hybridized carbons (Fsp3) is 0.444. The quantitative estimate of drug-likeness (QED) is 0.810. The molecule has 140 valence electrons. The van der Waals surface area contributed by atoms with Crippen molar-refractivity contribution < 1.29 is 14.4 Å². The van der Waals surface area contributed by atoms with Gasteiger partial charge in [-0.3, -0.25) is 19.3 Å². The summed E-state index contributed by atoms with van der Waals surface area (Å²) in [6.45, 7) is -0.257. The van der Waals surface area contributed by atoms with Crippen molar-refractivity contribution in [2.24, 2.45) is 12.5 Å². The first-order valence-corrected chi connectivity index (χ1v) is 8.96. The number of anilines is 1. The zero-order valence-corrected chi connectivity index (χ0v) is 15.0. The smallest absolute Gasteiger partial charge is 0.244 e. The van der Waals surface area contributed by atoms with E-state index in [1.165, 1.54) is 4.80 Å². The Morgan fingerprint density at radius 2 is 2.04 bits per heavy atom. The summed E-state index contributed by atoms with van der Waals surface area (Å²) in [5.74, 6) is -0.412. The van der Waals surface area contributed by atoms with Crippen molar-refractivity contribution in [3.8, 4) is 11.4 Å². The molecule has 2 heterocycles. The molecule has 1 aromatic heterocycles. The van der Waals surface area contributed by atoms with Gasteiger partial charge in [-0.1, -0.05) is 25.0 Å². The number of likely N-dealkylation sites (tertiary alicyclic amines) is 1. The SMILES string of the molecule is Cn1nnc(-c2cccc(NC(=O)CN3C(=O)CC4(CCCC4)C3=O)c2)n1. The van der Waals surface area contributed by atoms with Crippen LogP contribution in [-0.2, 0) is 21.4 Å². The Hall–Kier alpha value is -3.10. The van der Waals surface area contributed by atoms with E-state index in [1.807, 2.05) is 6.07 Å². The Morgan fingerprint density at radius 3 is 2.74 bits per heavy atom. The lowest BCUT2D eigenvalue weighted by Gasteiger charge is -2.20. The number of aromatic nitrogens is 4. The number of benzene rings is 1. The number of carbonyl (C=O) groups is 3. The van der Waals surface area contributed by atoms with Gasteiger partial charge in [0.2, 0.25) is 23.5 Å². The van der Waals surface area contributed by atoms with E-state index in [2.05, 4.69) is 20.7 Å². The molecule has 1 aliphatic carbocycles. The van der Waals surface area contributed by atoms with Crippen molar-refractivity contribution in [3.63, 3.8) is 0 Å². The lowest BCUT2D eigenvalue weighted by atomic mass is 9.84. The van der Waals surface area contributed by atoms with E-state index in [-0.39, 0.29) is 24.8 Å². The Bertz CT molecular complexity index is 915. The Balaban J connectivity index is 1.44. The number of tetrazole rings is 1. The molecule has 0 radical (unpaired) electrons. The van der Waals surface area contributed by atoms with Gasteiger partial charge in [-0.15, -0.1) is 10.2 Å². The molecule has 2 aliphatic rings. The third-order valence-electron chi connectivity index (χ3n) is 5.26. The van der Waals surface area contributed by atoms with Crippen LogP contribution in [0.2, 0.25) is 0 Å². The Kier molecular flexibility index (Phi) is 4.21. The van der Waals surface area contributed by atoms with E-state index >= 15 is 0 Å². The highest BCUT2D eigenvalue weighted by molar-refractivity contribution is 6.09. The van der Waals surface area contributed by atoms with Crippen LogP contribution in [0.15, 0.2) is 24.3 Å². The number of nitrogens with zero attached hydrogens (tertiary/aromatic N) is 5. The molecule has 0 unspecified atom stereocenters. The first-order chi connectivity index (χ1) is 13.0. The average molecular weight is 368 g/mol. The van der Waals surface area contributed by atoms with E-state index in [0.717, 1.165) is 30.6 Å². The molecule has 9 nitrogen and oxygen atoms in total. The molecule has 2 aromatic rings. The summed E-state index contributed by atoms with van der Waals surface area (Å²) in [5.41, 5.74) is 0.688. The van der Waals surface area contributed by atoms with Crippen LogP contribution in [0.1, 0.15) is 32.1 Å². The van der Waals surface area contributed by atoms with E-state index in [9.17, 15) is 14.4 Å². The normalized spacial score (nSPS) is 18.5. The van der Waals surface area contributed by atoms with Gasteiger partial charge in [0, 0.05) is 17.7 Å². The van der Waals surface area contributed by atoms with E-state index in [1.54, 1.807) is 25.2 Å². The van der Waals surface area contributed by atoms with Crippen LogP contribution in [0.3, 0.4) is 0 Å². The molecule has 3 amide bonds. The third-order valence-corrected chi connectivity index (χ3v) is 5.26. The summed E-state index contributed by atoms with van der Waals surface area (Å²) < 4.78 is 0. The standard InChI is InChI=1S/C18H20N6O3/c1-23-21-16(20-22-23)12-5-4-6-13(9-12)19-14(25)11-24-15(26)10-18(17(24)27)7-2-3-8-18/h4-6,9H,2-3,7-8,10-11H2,1H3,(H,19,25). The molecule has 1 saturated carbocycles. The molecular weight excluding hydrogens is 348 g/mol. The lowest BCUT2D eigenvalue weighted by Crippen LogP contribution is -2.39. The minimum atomic E-state index is -0.561. The second-order valence-corrected chi connectivity index (χ2v) is 7.18. The van der Waals surface area contributed by atoms with E-state index in [0.29, 0.717) is 17.1 Å². The molecular formula is C18H20N6O3. The second-order valence-electron chi connectivity index (χ2n) is 7.18. The van der Waals surface area contributed by atoms with Crippen LogP contribution in [0.25, 0.3) is 11.4 Å². The molecule has 2 fully saturated rings. The number of imide groups is 1. The van der Waals surface area contributed by atoms with Gasteiger partial charge in [0.05, 0.1) is 12.5 Å². The van der Waals surface area contributed by atoms with Gasteiger partial charge in [0.25, 0.3) is 0 Å². The van der Waals surface area contributed by atoms with Crippen molar-refractivity contribution in [2.45, 2.75) is 32.1 Å².